The van der Waals surface area contributed by atoms with Crippen LogP contribution < -0.4 is 5.73 Å². The first-order valence-corrected chi connectivity index (χ1v) is 4.63. The molecule has 74 valence electrons. The van der Waals surface area contributed by atoms with Gasteiger partial charge in [0, 0.05) is 5.56 Å². The molecule has 2 aromatic heterocycles. The van der Waals surface area contributed by atoms with Gasteiger partial charge in [-0.05, 0) is 37.6 Å². The van der Waals surface area contributed by atoms with Crippen molar-refractivity contribution in [2.75, 3.05) is 6.54 Å². The highest BCUT2D eigenvalue weighted by atomic mass is 16.4. The van der Waals surface area contributed by atoms with E-state index in [1.807, 2.05) is 19.1 Å². The molecule has 2 N–H and O–H groups in total. The van der Waals surface area contributed by atoms with Crippen molar-refractivity contribution in [1.29, 1.82) is 0 Å². The molecule has 0 aliphatic carbocycles. The summed E-state index contributed by atoms with van der Waals surface area (Å²) in [5.41, 5.74) is 7.69. The second-order valence-corrected chi connectivity index (χ2v) is 3.30. The van der Waals surface area contributed by atoms with Gasteiger partial charge in [-0.25, -0.2) is 0 Å². The molecule has 2 aromatic rings. The summed E-state index contributed by atoms with van der Waals surface area (Å²) in [7, 11) is 0. The fourth-order valence-electron chi connectivity index (χ4n) is 1.45. The molecule has 0 amide bonds. The second kappa shape index (κ2) is 3.72. The van der Waals surface area contributed by atoms with Gasteiger partial charge in [-0.3, -0.25) is 0 Å². The Hall–Kier alpha value is -1.48. The SMILES string of the molecule is Cc1coc(-c2occc2CCN)c1. The third kappa shape index (κ3) is 1.59. The number of furan rings is 2. The van der Waals surface area contributed by atoms with E-state index >= 15 is 0 Å². The van der Waals surface area contributed by atoms with Crippen LogP contribution in [0.4, 0.5) is 0 Å². The number of hydrogen-bond acceptors (Lipinski definition) is 3. The predicted molar refractivity (Wildman–Crippen MR) is 53.9 cm³/mol. The third-order valence-electron chi connectivity index (χ3n) is 2.11. The van der Waals surface area contributed by atoms with Crippen molar-refractivity contribution in [2.45, 2.75) is 13.3 Å². The Balaban J connectivity index is 2.36. The zero-order chi connectivity index (χ0) is 9.97. The van der Waals surface area contributed by atoms with Crippen molar-refractivity contribution >= 4 is 0 Å². The summed E-state index contributed by atoms with van der Waals surface area (Å²) >= 11 is 0. The number of rotatable bonds is 3. The van der Waals surface area contributed by atoms with Crippen LogP contribution >= 0.6 is 0 Å². The largest absolute Gasteiger partial charge is 0.461 e. The maximum absolute atomic E-state index is 5.50. The molecular weight excluding hydrogens is 178 g/mol. The molecule has 0 saturated carbocycles. The average molecular weight is 191 g/mol. The maximum atomic E-state index is 5.50. The van der Waals surface area contributed by atoms with Crippen molar-refractivity contribution < 1.29 is 8.83 Å². The van der Waals surface area contributed by atoms with Gasteiger partial charge >= 0.3 is 0 Å². The van der Waals surface area contributed by atoms with Crippen LogP contribution in [-0.4, -0.2) is 6.54 Å². The van der Waals surface area contributed by atoms with Crippen molar-refractivity contribution in [2.24, 2.45) is 5.73 Å². The van der Waals surface area contributed by atoms with E-state index in [2.05, 4.69) is 0 Å². The van der Waals surface area contributed by atoms with Gasteiger partial charge in [0.2, 0.25) is 0 Å². The Kier molecular flexibility index (Phi) is 2.41. The minimum absolute atomic E-state index is 0.617. The van der Waals surface area contributed by atoms with Crippen LogP contribution in [0.2, 0.25) is 0 Å². The van der Waals surface area contributed by atoms with E-state index in [1.54, 1.807) is 12.5 Å². The van der Waals surface area contributed by atoms with Crippen LogP contribution in [-0.2, 0) is 6.42 Å². The summed E-state index contributed by atoms with van der Waals surface area (Å²) in [5, 5.41) is 0. The molecule has 0 aromatic carbocycles. The monoisotopic (exact) mass is 191 g/mol. The minimum atomic E-state index is 0.617. The lowest BCUT2D eigenvalue weighted by Gasteiger charge is -1.96. The van der Waals surface area contributed by atoms with Crippen molar-refractivity contribution in [3.63, 3.8) is 0 Å². The summed E-state index contributed by atoms with van der Waals surface area (Å²) < 4.78 is 10.7. The molecule has 0 fully saturated rings. The summed E-state index contributed by atoms with van der Waals surface area (Å²) in [6, 6.07) is 3.89. The average Bonchev–Trinajstić information content (AvgIpc) is 2.74. The molecule has 0 saturated heterocycles. The molecular formula is C11H13NO2. The Morgan fingerprint density at radius 2 is 2.21 bits per heavy atom. The van der Waals surface area contributed by atoms with Gasteiger partial charge in [-0.2, -0.15) is 0 Å². The first-order valence-electron chi connectivity index (χ1n) is 4.63. The van der Waals surface area contributed by atoms with Crippen LogP contribution in [0.3, 0.4) is 0 Å². The van der Waals surface area contributed by atoms with Gasteiger partial charge < -0.3 is 14.6 Å². The number of hydrogen-bond donors (Lipinski definition) is 1. The maximum Gasteiger partial charge on any atom is 0.172 e. The minimum Gasteiger partial charge on any atom is -0.461 e. The van der Waals surface area contributed by atoms with Crippen LogP contribution in [0.25, 0.3) is 11.5 Å². The molecule has 0 atom stereocenters. The zero-order valence-electron chi connectivity index (χ0n) is 8.12. The molecule has 0 unspecified atom stereocenters. The molecule has 14 heavy (non-hydrogen) atoms. The fraction of sp³-hybridized carbons (Fsp3) is 0.273. The van der Waals surface area contributed by atoms with E-state index < -0.39 is 0 Å². The smallest absolute Gasteiger partial charge is 0.172 e. The first-order chi connectivity index (χ1) is 6.81. The summed E-state index contributed by atoms with van der Waals surface area (Å²) in [4.78, 5) is 0. The van der Waals surface area contributed by atoms with Crippen LogP contribution in [0.5, 0.6) is 0 Å². The molecule has 0 bridgehead atoms. The van der Waals surface area contributed by atoms with E-state index in [0.29, 0.717) is 6.54 Å². The van der Waals surface area contributed by atoms with Crippen LogP contribution in [0.15, 0.2) is 33.5 Å². The molecule has 0 aliphatic heterocycles. The second-order valence-electron chi connectivity index (χ2n) is 3.30. The first kappa shape index (κ1) is 9.09. The number of aryl methyl sites for hydroxylation is 1. The van der Waals surface area contributed by atoms with E-state index in [0.717, 1.165) is 29.1 Å². The summed E-state index contributed by atoms with van der Waals surface area (Å²) in [6.07, 6.45) is 4.19. The van der Waals surface area contributed by atoms with Gasteiger partial charge in [0.1, 0.15) is 0 Å². The van der Waals surface area contributed by atoms with Crippen molar-refractivity contribution in [1.82, 2.24) is 0 Å². The topological polar surface area (TPSA) is 52.3 Å². The van der Waals surface area contributed by atoms with Gasteiger partial charge in [-0.1, -0.05) is 0 Å². The molecule has 0 aliphatic rings. The quantitative estimate of drug-likeness (QED) is 0.810. The van der Waals surface area contributed by atoms with E-state index in [-0.39, 0.29) is 0 Å². The number of nitrogens with two attached hydrogens (primary N) is 1. The summed E-state index contributed by atoms with van der Waals surface area (Å²) in [6.45, 7) is 2.60. The van der Waals surface area contributed by atoms with Crippen LogP contribution in [0, 0.1) is 6.92 Å². The van der Waals surface area contributed by atoms with Gasteiger partial charge in [0.05, 0.1) is 12.5 Å². The molecule has 2 heterocycles. The molecule has 3 heteroatoms. The molecule has 2 rings (SSSR count). The standard InChI is InChI=1S/C11H13NO2/c1-8-6-10(14-7-8)11-9(2-4-12)3-5-13-11/h3,5-7H,2,4,12H2,1H3. The highest BCUT2D eigenvalue weighted by molar-refractivity contribution is 5.55. The molecule has 0 spiro atoms. The zero-order valence-corrected chi connectivity index (χ0v) is 8.12. The highest BCUT2D eigenvalue weighted by Gasteiger charge is 2.11. The van der Waals surface area contributed by atoms with Gasteiger partial charge in [0.15, 0.2) is 11.5 Å². The van der Waals surface area contributed by atoms with Gasteiger partial charge in [-0.15, -0.1) is 0 Å². The Morgan fingerprint density at radius 1 is 1.36 bits per heavy atom. The lowest BCUT2D eigenvalue weighted by atomic mass is 10.1. The Morgan fingerprint density at radius 3 is 2.86 bits per heavy atom. The van der Waals surface area contributed by atoms with Crippen LogP contribution in [0.1, 0.15) is 11.1 Å². The fourth-order valence-corrected chi connectivity index (χ4v) is 1.45. The molecule has 0 radical (unpaired) electrons. The van der Waals surface area contributed by atoms with E-state index in [9.17, 15) is 0 Å². The van der Waals surface area contributed by atoms with Gasteiger partial charge in [0.25, 0.3) is 0 Å². The molecule has 3 nitrogen and oxygen atoms in total. The Bertz CT molecular complexity index is 414. The lowest BCUT2D eigenvalue weighted by Crippen LogP contribution is -2.02. The summed E-state index contributed by atoms with van der Waals surface area (Å²) in [5.74, 6) is 1.57. The normalized spacial score (nSPS) is 10.7. The lowest BCUT2D eigenvalue weighted by molar-refractivity contribution is 0.521. The van der Waals surface area contributed by atoms with Crippen molar-refractivity contribution in [3.05, 3.63) is 35.8 Å². The third-order valence-corrected chi connectivity index (χ3v) is 2.11. The predicted octanol–water partition coefficient (Wildman–Crippen LogP) is 2.35. The highest BCUT2D eigenvalue weighted by Crippen LogP contribution is 2.26. The van der Waals surface area contributed by atoms with E-state index in [4.69, 9.17) is 14.6 Å². The Labute approximate surface area is 82.5 Å². The van der Waals surface area contributed by atoms with Crippen molar-refractivity contribution in [3.8, 4) is 11.5 Å². The van der Waals surface area contributed by atoms with E-state index in [1.165, 1.54) is 0 Å².